The predicted octanol–water partition coefficient (Wildman–Crippen LogP) is 1.29. The molecule has 0 radical (unpaired) electrons. The van der Waals surface area contributed by atoms with Crippen molar-refractivity contribution in [2.24, 2.45) is 0 Å². The molecule has 2 rings (SSSR count). The van der Waals surface area contributed by atoms with Crippen LogP contribution < -0.4 is 0 Å². The Balaban J connectivity index is 2.48. The van der Waals surface area contributed by atoms with Crippen molar-refractivity contribution in [3.8, 4) is 0 Å². The number of hydrogen-bond acceptors (Lipinski definition) is 2. The zero-order valence-electron chi connectivity index (χ0n) is 7.27. The van der Waals surface area contributed by atoms with Gasteiger partial charge in [0.1, 0.15) is 0 Å². The van der Waals surface area contributed by atoms with Crippen molar-refractivity contribution in [2.45, 2.75) is 6.10 Å². The van der Waals surface area contributed by atoms with E-state index >= 15 is 0 Å². The largest absolute Gasteiger partial charge is 0.479 e. The fraction of sp³-hybridized carbons (Fsp3) is 0.100. The normalized spacial score (nSPS) is 12.9. The fourth-order valence-electron chi connectivity index (χ4n) is 1.38. The lowest BCUT2D eigenvalue weighted by molar-refractivity contribution is -0.146. The van der Waals surface area contributed by atoms with Crippen LogP contribution in [0.15, 0.2) is 30.5 Å². The molecular formula is C10H9NO3. The van der Waals surface area contributed by atoms with Crippen molar-refractivity contribution in [1.82, 2.24) is 4.98 Å². The van der Waals surface area contributed by atoms with E-state index in [9.17, 15) is 9.90 Å². The first-order valence-corrected chi connectivity index (χ1v) is 4.16. The SMILES string of the molecule is O=C(O)C(O)c1ccc2cc[nH]c2c1. The first-order valence-electron chi connectivity index (χ1n) is 4.16. The van der Waals surface area contributed by atoms with Crippen LogP contribution in [0.5, 0.6) is 0 Å². The summed E-state index contributed by atoms with van der Waals surface area (Å²) in [6.45, 7) is 0. The maximum Gasteiger partial charge on any atom is 0.337 e. The highest BCUT2D eigenvalue weighted by Gasteiger charge is 2.15. The molecule has 0 aliphatic carbocycles. The summed E-state index contributed by atoms with van der Waals surface area (Å²) < 4.78 is 0. The van der Waals surface area contributed by atoms with Crippen molar-refractivity contribution in [1.29, 1.82) is 0 Å². The van der Waals surface area contributed by atoms with Gasteiger partial charge in [0.05, 0.1) is 0 Å². The Morgan fingerprint density at radius 3 is 2.86 bits per heavy atom. The molecule has 1 aromatic heterocycles. The number of aliphatic hydroxyl groups excluding tert-OH is 1. The quantitative estimate of drug-likeness (QED) is 0.669. The number of fused-ring (bicyclic) bond motifs is 1. The smallest absolute Gasteiger partial charge is 0.337 e. The van der Waals surface area contributed by atoms with Crippen molar-refractivity contribution < 1.29 is 15.0 Å². The van der Waals surface area contributed by atoms with Crippen LogP contribution in [0.4, 0.5) is 0 Å². The summed E-state index contributed by atoms with van der Waals surface area (Å²) in [5.74, 6) is -1.24. The molecule has 1 heterocycles. The number of carboxylic acid groups (broad SMARTS) is 1. The minimum atomic E-state index is -1.46. The third-order valence-corrected chi connectivity index (χ3v) is 2.13. The lowest BCUT2D eigenvalue weighted by Crippen LogP contribution is -2.10. The second-order valence-electron chi connectivity index (χ2n) is 3.07. The number of hydrogen-bond donors (Lipinski definition) is 3. The molecule has 3 N–H and O–H groups in total. The summed E-state index contributed by atoms with van der Waals surface area (Å²) in [6.07, 6.45) is 0.310. The molecule has 2 aromatic rings. The first-order chi connectivity index (χ1) is 6.68. The summed E-state index contributed by atoms with van der Waals surface area (Å²) in [7, 11) is 0. The van der Waals surface area contributed by atoms with Crippen molar-refractivity contribution in [3.05, 3.63) is 36.0 Å². The first kappa shape index (κ1) is 8.77. The van der Waals surface area contributed by atoms with Gasteiger partial charge in [-0.2, -0.15) is 0 Å². The summed E-state index contributed by atoms with van der Waals surface area (Å²) in [6, 6.07) is 6.89. The average molecular weight is 191 g/mol. The number of carbonyl (C=O) groups is 1. The van der Waals surface area contributed by atoms with Crippen LogP contribution in [0.1, 0.15) is 11.7 Å². The molecule has 1 unspecified atom stereocenters. The van der Waals surface area contributed by atoms with Gasteiger partial charge < -0.3 is 15.2 Å². The molecule has 72 valence electrons. The Labute approximate surface area is 79.8 Å². The van der Waals surface area contributed by atoms with E-state index in [0.29, 0.717) is 5.56 Å². The van der Waals surface area contributed by atoms with E-state index in [1.807, 2.05) is 6.07 Å². The number of benzene rings is 1. The summed E-state index contributed by atoms with van der Waals surface area (Å²) >= 11 is 0. The second kappa shape index (κ2) is 3.16. The monoisotopic (exact) mass is 191 g/mol. The van der Waals surface area contributed by atoms with Crippen LogP contribution in [0.2, 0.25) is 0 Å². The highest BCUT2D eigenvalue weighted by molar-refractivity contribution is 5.82. The van der Waals surface area contributed by atoms with Gasteiger partial charge in [-0.15, -0.1) is 0 Å². The lowest BCUT2D eigenvalue weighted by atomic mass is 10.1. The van der Waals surface area contributed by atoms with E-state index in [0.717, 1.165) is 10.9 Å². The van der Waals surface area contributed by atoms with Crippen LogP contribution in [0, 0.1) is 0 Å². The maximum absolute atomic E-state index is 10.5. The van der Waals surface area contributed by atoms with Crippen LogP contribution in [-0.2, 0) is 4.79 Å². The molecule has 0 spiro atoms. The second-order valence-corrected chi connectivity index (χ2v) is 3.07. The third kappa shape index (κ3) is 1.36. The third-order valence-electron chi connectivity index (χ3n) is 2.13. The number of aromatic amines is 1. The van der Waals surface area contributed by atoms with Crippen LogP contribution in [0.3, 0.4) is 0 Å². The summed E-state index contributed by atoms with van der Waals surface area (Å²) in [5.41, 5.74) is 1.20. The molecule has 4 heteroatoms. The van der Waals surface area contributed by atoms with Crippen molar-refractivity contribution >= 4 is 16.9 Å². The average Bonchev–Trinajstić information content (AvgIpc) is 2.62. The molecule has 0 aliphatic rings. The Morgan fingerprint density at radius 2 is 2.14 bits per heavy atom. The number of aliphatic hydroxyl groups is 1. The van der Waals surface area contributed by atoms with Gasteiger partial charge >= 0.3 is 5.97 Å². The van der Waals surface area contributed by atoms with Gasteiger partial charge in [0.2, 0.25) is 0 Å². The minimum absolute atomic E-state index is 0.382. The van der Waals surface area contributed by atoms with Gasteiger partial charge in [0, 0.05) is 11.7 Å². The Morgan fingerprint density at radius 1 is 1.36 bits per heavy atom. The van der Waals surface area contributed by atoms with E-state index in [4.69, 9.17) is 5.11 Å². The Bertz CT molecular complexity index is 475. The highest BCUT2D eigenvalue weighted by Crippen LogP contribution is 2.19. The summed E-state index contributed by atoms with van der Waals surface area (Å²) in [5, 5.41) is 18.9. The van der Waals surface area contributed by atoms with E-state index in [1.165, 1.54) is 0 Å². The highest BCUT2D eigenvalue weighted by atomic mass is 16.4. The van der Waals surface area contributed by atoms with Gasteiger partial charge in [-0.25, -0.2) is 4.79 Å². The number of nitrogens with one attached hydrogen (secondary N) is 1. The van der Waals surface area contributed by atoms with E-state index < -0.39 is 12.1 Å². The van der Waals surface area contributed by atoms with Crippen LogP contribution in [0.25, 0.3) is 10.9 Å². The molecule has 0 aliphatic heterocycles. The van der Waals surface area contributed by atoms with E-state index in [1.54, 1.807) is 24.4 Å². The minimum Gasteiger partial charge on any atom is -0.479 e. The number of rotatable bonds is 2. The predicted molar refractivity (Wildman–Crippen MR) is 50.9 cm³/mol. The van der Waals surface area contributed by atoms with Gasteiger partial charge in [-0.1, -0.05) is 12.1 Å². The van der Waals surface area contributed by atoms with Gasteiger partial charge in [0.15, 0.2) is 6.10 Å². The molecule has 4 nitrogen and oxygen atoms in total. The maximum atomic E-state index is 10.5. The number of aliphatic carboxylic acids is 1. The zero-order chi connectivity index (χ0) is 10.1. The van der Waals surface area contributed by atoms with Gasteiger partial charge in [-0.05, 0) is 23.1 Å². The van der Waals surface area contributed by atoms with E-state index in [-0.39, 0.29) is 0 Å². The van der Waals surface area contributed by atoms with E-state index in [2.05, 4.69) is 4.98 Å². The molecule has 1 atom stereocenters. The molecule has 14 heavy (non-hydrogen) atoms. The molecule has 1 aromatic carbocycles. The molecule has 0 amide bonds. The lowest BCUT2D eigenvalue weighted by Gasteiger charge is -2.04. The summed E-state index contributed by atoms with van der Waals surface area (Å²) in [4.78, 5) is 13.5. The number of carboxylic acids is 1. The zero-order valence-corrected chi connectivity index (χ0v) is 7.27. The number of aromatic nitrogens is 1. The molecular weight excluding hydrogens is 182 g/mol. The van der Waals surface area contributed by atoms with Crippen LogP contribution in [-0.4, -0.2) is 21.2 Å². The molecule has 0 saturated heterocycles. The van der Waals surface area contributed by atoms with Crippen molar-refractivity contribution in [3.63, 3.8) is 0 Å². The number of H-pyrrole nitrogens is 1. The van der Waals surface area contributed by atoms with Gasteiger partial charge in [-0.3, -0.25) is 0 Å². The Hall–Kier alpha value is -1.81. The topological polar surface area (TPSA) is 73.3 Å². The molecule has 0 bridgehead atoms. The standard InChI is InChI=1S/C10H9NO3/c12-9(10(13)14)7-2-1-6-3-4-11-8(6)5-7/h1-5,9,11-12H,(H,13,14). The molecule has 0 fully saturated rings. The fourth-order valence-corrected chi connectivity index (χ4v) is 1.38. The Kier molecular flexibility index (Phi) is 1.98. The van der Waals surface area contributed by atoms with Crippen LogP contribution >= 0.6 is 0 Å². The molecule has 0 saturated carbocycles. The van der Waals surface area contributed by atoms with Gasteiger partial charge in [0.25, 0.3) is 0 Å². The van der Waals surface area contributed by atoms with Crippen molar-refractivity contribution in [2.75, 3.05) is 0 Å².